The summed E-state index contributed by atoms with van der Waals surface area (Å²) in [6.07, 6.45) is 4.01. The Kier molecular flexibility index (Phi) is 2.48. The standard InChI is InChI=1S/C10H16O/c1-7(2)9-5-4-8(3)10(11)6-9/h6-8H,4-5H2,1-3H3. The molecular formula is C10H16O. The summed E-state index contributed by atoms with van der Waals surface area (Å²) in [5, 5.41) is 0. The van der Waals surface area contributed by atoms with E-state index in [9.17, 15) is 4.79 Å². The van der Waals surface area contributed by atoms with Gasteiger partial charge in [-0.1, -0.05) is 26.3 Å². The SMILES string of the molecule is CC(C)C1=CC(=O)C(C)CC1. The molecule has 0 fully saturated rings. The summed E-state index contributed by atoms with van der Waals surface area (Å²) in [5.74, 6) is 1.13. The van der Waals surface area contributed by atoms with E-state index in [2.05, 4.69) is 13.8 Å². The molecule has 1 atom stereocenters. The van der Waals surface area contributed by atoms with Crippen molar-refractivity contribution < 1.29 is 4.79 Å². The molecular weight excluding hydrogens is 136 g/mol. The smallest absolute Gasteiger partial charge is 0.158 e. The second-order valence-corrected chi connectivity index (χ2v) is 3.72. The van der Waals surface area contributed by atoms with Crippen molar-refractivity contribution in [2.45, 2.75) is 33.6 Å². The number of ketones is 1. The van der Waals surface area contributed by atoms with Gasteiger partial charge in [-0.3, -0.25) is 4.79 Å². The van der Waals surface area contributed by atoms with Crippen LogP contribution in [0.5, 0.6) is 0 Å². The molecule has 0 saturated carbocycles. The second-order valence-electron chi connectivity index (χ2n) is 3.72. The van der Waals surface area contributed by atoms with Crippen LogP contribution in [0, 0.1) is 11.8 Å². The Morgan fingerprint density at radius 3 is 2.64 bits per heavy atom. The maximum atomic E-state index is 11.2. The van der Waals surface area contributed by atoms with Crippen LogP contribution in [0.15, 0.2) is 11.6 Å². The maximum absolute atomic E-state index is 11.2. The Hall–Kier alpha value is -0.590. The zero-order chi connectivity index (χ0) is 8.43. The first-order chi connectivity index (χ1) is 5.11. The van der Waals surface area contributed by atoms with Gasteiger partial charge in [0, 0.05) is 5.92 Å². The normalized spacial score (nSPS) is 25.6. The largest absolute Gasteiger partial charge is 0.295 e. The minimum atomic E-state index is 0.262. The summed E-state index contributed by atoms with van der Waals surface area (Å²) in [7, 11) is 0. The van der Waals surface area contributed by atoms with E-state index in [0.717, 1.165) is 12.8 Å². The van der Waals surface area contributed by atoms with Crippen LogP contribution in [0.1, 0.15) is 33.6 Å². The fraction of sp³-hybridized carbons (Fsp3) is 0.700. The number of hydrogen-bond acceptors (Lipinski definition) is 1. The topological polar surface area (TPSA) is 17.1 Å². The number of allylic oxidation sites excluding steroid dienone is 2. The minimum absolute atomic E-state index is 0.262. The summed E-state index contributed by atoms with van der Waals surface area (Å²) in [6, 6.07) is 0. The minimum Gasteiger partial charge on any atom is -0.295 e. The van der Waals surface area contributed by atoms with Crippen LogP contribution in [0.25, 0.3) is 0 Å². The van der Waals surface area contributed by atoms with E-state index in [1.54, 1.807) is 0 Å². The number of hydrogen-bond donors (Lipinski definition) is 0. The van der Waals surface area contributed by atoms with Crippen molar-refractivity contribution in [3.8, 4) is 0 Å². The van der Waals surface area contributed by atoms with E-state index in [-0.39, 0.29) is 5.92 Å². The molecule has 0 amide bonds. The van der Waals surface area contributed by atoms with Crippen molar-refractivity contribution >= 4 is 5.78 Å². The van der Waals surface area contributed by atoms with E-state index in [4.69, 9.17) is 0 Å². The molecule has 1 aliphatic rings. The Bertz CT molecular complexity index is 189. The highest BCUT2D eigenvalue weighted by Crippen LogP contribution is 2.25. The van der Waals surface area contributed by atoms with Crippen molar-refractivity contribution in [2.24, 2.45) is 11.8 Å². The van der Waals surface area contributed by atoms with Gasteiger partial charge in [0.2, 0.25) is 0 Å². The summed E-state index contributed by atoms with van der Waals surface area (Å²) < 4.78 is 0. The Morgan fingerprint density at radius 1 is 1.55 bits per heavy atom. The molecule has 0 aliphatic heterocycles. The maximum Gasteiger partial charge on any atom is 0.158 e. The molecule has 1 rings (SSSR count). The monoisotopic (exact) mass is 152 g/mol. The van der Waals surface area contributed by atoms with Crippen molar-refractivity contribution in [1.29, 1.82) is 0 Å². The number of rotatable bonds is 1. The summed E-state index contributed by atoms with van der Waals surface area (Å²) in [6.45, 7) is 6.31. The molecule has 1 aliphatic carbocycles. The Balaban J connectivity index is 2.71. The summed E-state index contributed by atoms with van der Waals surface area (Å²) in [4.78, 5) is 11.2. The van der Waals surface area contributed by atoms with Crippen LogP contribution in [0.2, 0.25) is 0 Å². The average Bonchev–Trinajstić information content (AvgIpc) is 1.94. The quantitative estimate of drug-likeness (QED) is 0.564. The molecule has 0 N–H and O–H groups in total. The third-order valence-corrected chi connectivity index (χ3v) is 2.42. The third kappa shape index (κ3) is 1.92. The fourth-order valence-electron chi connectivity index (χ4n) is 1.38. The van der Waals surface area contributed by atoms with Gasteiger partial charge in [-0.15, -0.1) is 0 Å². The zero-order valence-corrected chi connectivity index (χ0v) is 7.55. The number of carbonyl (C=O) groups excluding carboxylic acids is 1. The first-order valence-electron chi connectivity index (χ1n) is 4.35. The van der Waals surface area contributed by atoms with Crippen molar-refractivity contribution in [1.82, 2.24) is 0 Å². The van der Waals surface area contributed by atoms with Crippen molar-refractivity contribution in [2.75, 3.05) is 0 Å². The lowest BCUT2D eigenvalue weighted by molar-refractivity contribution is -0.118. The second kappa shape index (κ2) is 3.21. The average molecular weight is 152 g/mol. The molecule has 0 saturated heterocycles. The molecule has 0 aromatic carbocycles. The zero-order valence-electron chi connectivity index (χ0n) is 7.55. The lowest BCUT2D eigenvalue weighted by Crippen LogP contribution is -2.15. The predicted molar refractivity (Wildman–Crippen MR) is 46.3 cm³/mol. The van der Waals surface area contributed by atoms with E-state index < -0.39 is 0 Å². The molecule has 1 unspecified atom stereocenters. The van der Waals surface area contributed by atoms with Gasteiger partial charge in [0.15, 0.2) is 5.78 Å². The predicted octanol–water partition coefficient (Wildman–Crippen LogP) is 2.57. The molecule has 0 aromatic heterocycles. The highest BCUT2D eigenvalue weighted by atomic mass is 16.1. The molecule has 0 radical (unpaired) electrons. The third-order valence-electron chi connectivity index (χ3n) is 2.42. The van der Waals surface area contributed by atoms with Gasteiger partial charge in [-0.05, 0) is 24.8 Å². The molecule has 0 spiro atoms. The van der Waals surface area contributed by atoms with Crippen LogP contribution in [0.4, 0.5) is 0 Å². The van der Waals surface area contributed by atoms with Gasteiger partial charge in [-0.2, -0.15) is 0 Å². The van der Waals surface area contributed by atoms with Crippen LogP contribution in [-0.4, -0.2) is 5.78 Å². The highest BCUT2D eigenvalue weighted by molar-refractivity contribution is 5.93. The van der Waals surface area contributed by atoms with E-state index in [0.29, 0.717) is 11.7 Å². The van der Waals surface area contributed by atoms with Gasteiger partial charge < -0.3 is 0 Å². The highest BCUT2D eigenvalue weighted by Gasteiger charge is 2.18. The van der Waals surface area contributed by atoms with Gasteiger partial charge in [0.25, 0.3) is 0 Å². The summed E-state index contributed by atoms with van der Waals surface area (Å²) >= 11 is 0. The van der Waals surface area contributed by atoms with E-state index >= 15 is 0 Å². The first kappa shape index (κ1) is 8.51. The van der Waals surface area contributed by atoms with E-state index in [1.807, 2.05) is 13.0 Å². The van der Waals surface area contributed by atoms with Crippen LogP contribution >= 0.6 is 0 Å². The molecule has 62 valence electrons. The van der Waals surface area contributed by atoms with Crippen LogP contribution in [0.3, 0.4) is 0 Å². The van der Waals surface area contributed by atoms with Crippen molar-refractivity contribution in [3.63, 3.8) is 0 Å². The molecule has 0 aromatic rings. The first-order valence-corrected chi connectivity index (χ1v) is 4.35. The number of carbonyl (C=O) groups is 1. The molecule has 0 bridgehead atoms. The van der Waals surface area contributed by atoms with Crippen LogP contribution < -0.4 is 0 Å². The lowest BCUT2D eigenvalue weighted by Gasteiger charge is -2.19. The Labute approximate surface area is 68.5 Å². The molecule has 1 nitrogen and oxygen atoms in total. The molecule has 0 heterocycles. The van der Waals surface area contributed by atoms with Gasteiger partial charge >= 0.3 is 0 Å². The van der Waals surface area contributed by atoms with Crippen LogP contribution in [-0.2, 0) is 4.79 Å². The van der Waals surface area contributed by atoms with Gasteiger partial charge in [0.05, 0.1) is 0 Å². The van der Waals surface area contributed by atoms with Gasteiger partial charge in [-0.25, -0.2) is 0 Å². The summed E-state index contributed by atoms with van der Waals surface area (Å²) in [5.41, 5.74) is 1.33. The van der Waals surface area contributed by atoms with Crippen molar-refractivity contribution in [3.05, 3.63) is 11.6 Å². The lowest BCUT2D eigenvalue weighted by atomic mass is 9.85. The Morgan fingerprint density at radius 2 is 2.18 bits per heavy atom. The van der Waals surface area contributed by atoms with E-state index in [1.165, 1.54) is 5.57 Å². The molecule has 11 heavy (non-hydrogen) atoms. The molecule has 1 heteroatoms. The van der Waals surface area contributed by atoms with Gasteiger partial charge in [0.1, 0.15) is 0 Å². The fourth-order valence-corrected chi connectivity index (χ4v) is 1.38.